The number of hydrogen-bond acceptors (Lipinski definition) is 10. The Morgan fingerprint density at radius 1 is 1.23 bits per heavy atom. The fraction of sp³-hybridized carbons (Fsp3) is 0.444. The van der Waals surface area contributed by atoms with Crippen LogP contribution < -0.4 is 10.6 Å². The number of aryl methyl sites for hydroxylation is 1. The first-order valence-corrected chi connectivity index (χ1v) is 12.6. The van der Waals surface area contributed by atoms with E-state index in [9.17, 15) is 13.5 Å². The molecule has 0 bridgehead atoms. The van der Waals surface area contributed by atoms with Gasteiger partial charge in [0.15, 0.2) is 21.6 Å². The van der Waals surface area contributed by atoms with E-state index in [0.29, 0.717) is 24.7 Å². The van der Waals surface area contributed by atoms with Gasteiger partial charge >= 0.3 is 0 Å². The van der Waals surface area contributed by atoms with Crippen molar-refractivity contribution in [2.24, 2.45) is 0 Å². The van der Waals surface area contributed by atoms with Crippen molar-refractivity contribution < 1.29 is 17.9 Å². The van der Waals surface area contributed by atoms with Crippen LogP contribution in [0.1, 0.15) is 44.6 Å². The monoisotopic (exact) mass is 471 g/mol. The van der Waals surface area contributed by atoms with Crippen LogP contribution >= 0.6 is 23.1 Å². The van der Waals surface area contributed by atoms with Crippen LogP contribution in [0, 0.1) is 6.92 Å². The highest BCUT2D eigenvalue weighted by Crippen LogP contribution is 2.41. The summed E-state index contributed by atoms with van der Waals surface area (Å²) in [5.41, 5.74) is 1.30. The molecule has 0 radical (unpaired) electrons. The van der Waals surface area contributed by atoms with Gasteiger partial charge in [0.2, 0.25) is 0 Å². The first kappa shape index (κ1) is 22.5. The highest BCUT2D eigenvalue weighted by atomic mass is 32.2. The lowest BCUT2D eigenvalue weighted by Crippen LogP contribution is -2.30. The molecule has 0 unspecified atom stereocenters. The zero-order valence-corrected chi connectivity index (χ0v) is 19.6. The molecule has 0 aliphatic rings. The number of sulfonamides is 1. The van der Waals surface area contributed by atoms with Gasteiger partial charge in [-0.2, -0.15) is 13.1 Å². The molecule has 3 rings (SSSR count). The topological polar surface area (TPSA) is 121 Å². The zero-order valence-electron chi connectivity index (χ0n) is 17.2. The molecule has 3 N–H and O–H groups in total. The smallest absolute Gasteiger partial charge is 0.256 e. The number of nitrogens with one attached hydrogen (secondary N) is 2. The molecule has 0 aromatic carbocycles. The molecule has 0 saturated carbocycles. The number of furan rings is 1. The van der Waals surface area contributed by atoms with Gasteiger partial charge in [-0.1, -0.05) is 20.8 Å². The van der Waals surface area contributed by atoms with E-state index < -0.39 is 10.0 Å². The van der Waals surface area contributed by atoms with Crippen LogP contribution in [0.5, 0.6) is 5.75 Å². The lowest BCUT2D eigenvalue weighted by molar-refractivity contribution is 0.434. The van der Waals surface area contributed by atoms with E-state index in [0.717, 1.165) is 40.8 Å². The van der Waals surface area contributed by atoms with Crippen LogP contribution in [0.15, 0.2) is 26.3 Å². The SMILES string of the molecule is CC[C@@H](Nc1nsnc1Nc1csc(S(=O)(=O)N(CC)CC)c1O)c1cc(C)co1. The van der Waals surface area contributed by atoms with Crippen LogP contribution in [0.25, 0.3) is 0 Å². The Labute approximate surface area is 184 Å². The molecule has 30 heavy (non-hydrogen) atoms. The van der Waals surface area contributed by atoms with Gasteiger partial charge < -0.3 is 20.2 Å². The Balaban J connectivity index is 1.82. The second kappa shape index (κ2) is 9.33. The van der Waals surface area contributed by atoms with E-state index in [1.165, 1.54) is 4.31 Å². The van der Waals surface area contributed by atoms with Gasteiger partial charge in [-0.25, -0.2) is 8.42 Å². The second-order valence-corrected chi connectivity index (χ2v) is 10.1. The zero-order chi connectivity index (χ0) is 21.9. The summed E-state index contributed by atoms with van der Waals surface area (Å²) in [6.07, 6.45) is 2.46. The standard InChI is InChI=1S/C18H25N5O4S3/c1-5-12(14-8-11(4)9-27-14)19-16-17(22-29-21-16)20-13-10-28-18(15(13)24)30(25,26)23(6-2)7-3/h8-10,12,24H,5-7H2,1-4H3,(H,19,21)(H,20,22)/t12-/m1/s1. The Bertz CT molecular complexity index is 1090. The van der Waals surface area contributed by atoms with Crippen molar-refractivity contribution in [1.29, 1.82) is 0 Å². The molecular weight excluding hydrogens is 446 g/mol. The summed E-state index contributed by atoms with van der Waals surface area (Å²) < 4.78 is 40.8. The molecule has 0 aliphatic heterocycles. The van der Waals surface area contributed by atoms with E-state index in [1.807, 2.05) is 19.9 Å². The van der Waals surface area contributed by atoms with Crippen LogP contribution in [-0.2, 0) is 10.0 Å². The summed E-state index contributed by atoms with van der Waals surface area (Å²) in [6.45, 7) is 8.15. The van der Waals surface area contributed by atoms with Crippen molar-refractivity contribution in [2.75, 3.05) is 23.7 Å². The molecule has 0 aliphatic carbocycles. The van der Waals surface area contributed by atoms with Crippen molar-refractivity contribution in [2.45, 2.75) is 44.4 Å². The molecule has 164 valence electrons. The van der Waals surface area contributed by atoms with Crippen molar-refractivity contribution in [1.82, 2.24) is 13.1 Å². The first-order valence-electron chi connectivity index (χ1n) is 9.53. The van der Waals surface area contributed by atoms with Crippen molar-refractivity contribution in [3.63, 3.8) is 0 Å². The predicted molar refractivity (Wildman–Crippen MR) is 119 cm³/mol. The van der Waals surface area contributed by atoms with Crippen LogP contribution in [-0.4, -0.2) is 39.7 Å². The summed E-state index contributed by atoms with van der Waals surface area (Å²) in [4.78, 5) is 0. The molecule has 3 aromatic rings. The molecule has 0 amide bonds. The van der Waals surface area contributed by atoms with Crippen LogP contribution in [0.3, 0.4) is 0 Å². The van der Waals surface area contributed by atoms with Gasteiger partial charge in [-0.05, 0) is 25.0 Å². The quantitative estimate of drug-likeness (QED) is 0.394. The van der Waals surface area contributed by atoms with E-state index in [-0.39, 0.29) is 21.7 Å². The molecule has 0 spiro atoms. The summed E-state index contributed by atoms with van der Waals surface area (Å²) in [5, 5.41) is 18.4. The van der Waals surface area contributed by atoms with Crippen LogP contribution in [0.2, 0.25) is 0 Å². The molecule has 0 saturated heterocycles. The maximum Gasteiger partial charge on any atom is 0.256 e. The Hall–Kier alpha value is -2.15. The average Bonchev–Trinajstić information content (AvgIpc) is 3.42. The van der Waals surface area contributed by atoms with Gasteiger partial charge in [0.05, 0.1) is 29.7 Å². The number of nitrogens with zero attached hydrogens (tertiary/aromatic N) is 3. The van der Waals surface area contributed by atoms with Gasteiger partial charge in [-0.3, -0.25) is 0 Å². The lowest BCUT2D eigenvalue weighted by atomic mass is 10.1. The molecular formula is C18H25N5O4S3. The molecule has 0 fully saturated rings. The third kappa shape index (κ3) is 4.46. The van der Waals surface area contributed by atoms with Crippen molar-refractivity contribution >= 4 is 50.4 Å². The number of aromatic nitrogens is 2. The summed E-state index contributed by atoms with van der Waals surface area (Å²) in [7, 11) is -3.76. The third-order valence-electron chi connectivity index (χ3n) is 4.57. The fourth-order valence-corrected chi connectivity index (χ4v) is 6.26. The normalized spacial score (nSPS) is 13.0. The maximum absolute atomic E-state index is 12.7. The Morgan fingerprint density at radius 3 is 2.53 bits per heavy atom. The van der Waals surface area contributed by atoms with Crippen LogP contribution in [0.4, 0.5) is 17.3 Å². The Morgan fingerprint density at radius 2 is 1.93 bits per heavy atom. The van der Waals surface area contributed by atoms with E-state index in [4.69, 9.17) is 4.42 Å². The largest absolute Gasteiger partial charge is 0.504 e. The number of hydrogen-bond donors (Lipinski definition) is 3. The minimum atomic E-state index is -3.76. The summed E-state index contributed by atoms with van der Waals surface area (Å²) in [6, 6.07) is 1.86. The minimum absolute atomic E-state index is 0.0936. The van der Waals surface area contributed by atoms with Crippen molar-refractivity contribution in [3.05, 3.63) is 29.0 Å². The fourth-order valence-electron chi connectivity index (χ4n) is 2.95. The predicted octanol–water partition coefficient (Wildman–Crippen LogP) is 4.54. The van der Waals surface area contributed by atoms with Gasteiger partial charge in [0, 0.05) is 18.5 Å². The van der Waals surface area contributed by atoms with E-state index in [1.54, 1.807) is 25.5 Å². The highest BCUT2D eigenvalue weighted by Gasteiger charge is 2.29. The number of rotatable bonds is 10. The van der Waals surface area contributed by atoms with Crippen molar-refractivity contribution in [3.8, 4) is 5.75 Å². The molecule has 12 heteroatoms. The van der Waals surface area contributed by atoms with Gasteiger partial charge in [0.25, 0.3) is 10.0 Å². The number of anilines is 3. The molecule has 3 aromatic heterocycles. The second-order valence-electron chi connectivity index (χ2n) is 6.59. The minimum Gasteiger partial charge on any atom is -0.504 e. The highest BCUT2D eigenvalue weighted by molar-refractivity contribution is 7.91. The first-order chi connectivity index (χ1) is 14.3. The maximum atomic E-state index is 12.7. The lowest BCUT2D eigenvalue weighted by Gasteiger charge is -2.17. The Kier molecular flexibility index (Phi) is 7.01. The van der Waals surface area contributed by atoms with E-state index >= 15 is 0 Å². The summed E-state index contributed by atoms with van der Waals surface area (Å²) in [5.74, 6) is 1.38. The number of aromatic hydroxyl groups is 1. The van der Waals surface area contributed by atoms with Gasteiger partial charge in [0.1, 0.15) is 5.76 Å². The number of thiophene rings is 1. The molecule has 1 atom stereocenters. The third-order valence-corrected chi connectivity index (χ3v) is 8.64. The summed E-state index contributed by atoms with van der Waals surface area (Å²) >= 11 is 1.97. The molecule has 9 nitrogen and oxygen atoms in total. The van der Waals surface area contributed by atoms with Gasteiger partial charge in [-0.15, -0.1) is 11.3 Å². The molecule has 3 heterocycles. The van der Waals surface area contributed by atoms with E-state index in [2.05, 4.69) is 19.4 Å². The average molecular weight is 472 g/mol.